The van der Waals surface area contributed by atoms with E-state index in [0.717, 1.165) is 29.8 Å². The van der Waals surface area contributed by atoms with Crippen LogP contribution in [0.3, 0.4) is 0 Å². The van der Waals surface area contributed by atoms with Gasteiger partial charge in [0.2, 0.25) is 0 Å². The Morgan fingerprint density at radius 3 is 2.56 bits per heavy atom. The third kappa shape index (κ3) is 3.01. The van der Waals surface area contributed by atoms with Crippen molar-refractivity contribution in [2.45, 2.75) is 38.0 Å². The molecule has 2 aromatic heterocycles. The number of likely N-dealkylation sites (N-methyl/N-ethyl adjacent to an activating group) is 1. The molecule has 6 nitrogen and oxygen atoms in total. The number of aliphatic hydroxyl groups is 1. The van der Waals surface area contributed by atoms with Crippen molar-refractivity contribution in [2.24, 2.45) is 5.41 Å². The van der Waals surface area contributed by atoms with Gasteiger partial charge in [-0.15, -0.1) is 5.10 Å². The maximum Gasteiger partial charge on any atom is 0.272 e. The smallest absolute Gasteiger partial charge is 0.272 e. The first kappa shape index (κ1) is 22.5. The van der Waals surface area contributed by atoms with Crippen LogP contribution in [0.2, 0.25) is 0 Å². The fraction of sp³-hybridized carbons (Fsp3) is 0.385. The van der Waals surface area contributed by atoms with Crippen LogP contribution in [-0.4, -0.2) is 51.3 Å². The Kier molecular flexibility index (Phi) is 5.24. The molecular weight excluding hydrogens is 438 g/mol. The molecule has 2 aliphatic carbocycles. The van der Waals surface area contributed by atoms with Crippen LogP contribution < -0.4 is 0 Å². The molecule has 0 unspecified atom stereocenters. The van der Waals surface area contributed by atoms with Gasteiger partial charge in [-0.3, -0.25) is 4.79 Å². The molecule has 8 heteroatoms. The first-order valence-electron chi connectivity index (χ1n) is 11.4. The van der Waals surface area contributed by atoms with Crippen LogP contribution >= 0.6 is 0 Å². The molecule has 0 spiro atoms. The van der Waals surface area contributed by atoms with Crippen molar-refractivity contribution in [3.8, 4) is 11.3 Å². The number of aliphatic hydroxyl groups excluding tert-OH is 1. The fourth-order valence-electron chi connectivity index (χ4n) is 6.00. The molecule has 0 aliphatic heterocycles. The van der Waals surface area contributed by atoms with E-state index in [1.165, 1.54) is 23.1 Å². The zero-order chi connectivity index (χ0) is 24.3. The molecule has 2 bridgehead atoms. The molecule has 2 atom stereocenters. The fourth-order valence-corrected chi connectivity index (χ4v) is 6.00. The van der Waals surface area contributed by atoms with Crippen molar-refractivity contribution in [3.63, 3.8) is 0 Å². The summed E-state index contributed by atoms with van der Waals surface area (Å²) < 4.78 is 28.9. The Hall–Kier alpha value is -3.26. The average Bonchev–Trinajstić information content (AvgIpc) is 3.20. The number of halogens is 2. The van der Waals surface area contributed by atoms with Crippen LogP contribution in [0.1, 0.15) is 60.0 Å². The van der Waals surface area contributed by atoms with Crippen molar-refractivity contribution >= 4 is 5.91 Å². The third-order valence-corrected chi connectivity index (χ3v) is 7.79. The number of carbonyl (C=O) groups excluding carboxylic acids is 1. The van der Waals surface area contributed by atoms with Crippen LogP contribution in [0, 0.1) is 17.0 Å². The molecule has 0 saturated heterocycles. The van der Waals surface area contributed by atoms with Crippen LogP contribution in [0.4, 0.5) is 8.78 Å². The van der Waals surface area contributed by atoms with Crippen molar-refractivity contribution < 1.29 is 18.7 Å². The Morgan fingerprint density at radius 2 is 1.85 bits per heavy atom. The number of fused-ring (bicyclic) bond motifs is 5. The van der Waals surface area contributed by atoms with Crippen LogP contribution in [0.5, 0.6) is 0 Å². The predicted octanol–water partition coefficient (Wildman–Crippen LogP) is 4.08. The van der Waals surface area contributed by atoms with Gasteiger partial charge in [0.25, 0.3) is 5.91 Å². The summed E-state index contributed by atoms with van der Waals surface area (Å²) >= 11 is 0. The minimum atomic E-state index is -0.675. The summed E-state index contributed by atoms with van der Waals surface area (Å²) in [6, 6.07) is 10.9. The second-order valence-electron chi connectivity index (χ2n) is 9.71. The maximum atomic E-state index is 14.4. The van der Waals surface area contributed by atoms with Gasteiger partial charge in [-0.1, -0.05) is 26.0 Å². The summed E-state index contributed by atoms with van der Waals surface area (Å²) in [4.78, 5) is 19.0. The van der Waals surface area contributed by atoms with E-state index >= 15 is 0 Å². The Labute approximate surface area is 196 Å². The Morgan fingerprint density at radius 1 is 1.15 bits per heavy atom. The molecule has 5 rings (SSSR count). The lowest BCUT2D eigenvalue weighted by atomic mass is 9.66. The van der Waals surface area contributed by atoms with E-state index < -0.39 is 17.0 Å². The minimum Gasteiger partial charge on any atom is -0.395 e. The van der Waals surface area contributed by atoms with Crippen molar-refractivity contribution in [1.29, 1.82) is 0 Å². The number of nitrogens with zero attached hydrogens (tertiary/aromatic N) is 4. The summed E-state index contributed by atoms with van der Waals surface area (Å²) in [7, 11) is 1.63. The summed E-state index contributed by atoms with van der Waals surface area (Å²) in [5, 5.41) is 18.0. The van der Waals surface area contributed by atoms with Crippen LogP contribution in [0.25, 0.3) is 11.3 Å². The van der Waals surface area contributed by atoms with Gasteiger partial charge in [0.1, 0.15) is 17.3 Å². The number of carbonyl (C=O) groups is 1. The van der Waals surface area contributed by atoms with E-state index in [9.17, 15) is 18.7 Å². The molecule has 1 N–H and O–H groups in total. The molecule has 1 fully saturated rings. The maximum absolute atomic E-state index is 14.4. The number of hydrogen-bond acceptors (Lipinski definition) is 5. The first-order chi connectivity index (χ1) is 16.2. The zero-order valence-corrected chi connectivity index (χ0v) is 19.3. The van der Waals surface area contributed by atoms with E-state index in [1.807, 2.05) is 12.1 Å². The molecule has 3 aromatic rings. The van der Waals surface area contributed by atoms with Gasteiger partial charge in [-0.05, 0) is 60.1 Å². The van der Waals surface area contributed by atoms with E-state index in [-0.39, 0.29) is 41.6 Å². The highest BCUT2D eigenvalue weighted by atomic mass is 19.1. The van der Waals surface area contributed by atoms with Gasteiger partial charge in [-0.2, -0.15) is 5.10 Å². The largest absolute Gasteiger partial charge is 0.395 e. The van der Waals surface area contributed by atoms with Crippen LogP contribution in [0.15, 0.2) is 42.5 Å². The molecule has 0 radical (unpaired) electrons. The molecular formula is C26H26F2N4O2. The number of benzene rings is 1. The SMILES string of the molecule is CN(CCO)C(=O)c1cccc([C@@]23CC[C@@H](c4cc(-c5c(F)cccc5F)nnc42)C3(C)C)n1. The number of aromatic nitrogens is 3. The third-order valence-electron chi connectivity index (χ3n) is 7.79. The lowest BCUT2D eigenvalue weighted by molar-refractivity contribution is 0.0760. The predicted molar refractivity (Wildman–Crippen MR) is 122 cm³/mol. The van der Waals surface area contributed by atoms with Gasteiger partial charge in [0.05, 0.1) is 34.7 Å². The highest BCUT2D eigenvalue weighted by Crippen LogP contribution is 2.69. The van der Waals surface area contributed by atoms with Gasteiger partial charge >= 0.3 is 0 Å². The molecule has 1 amide bonds. The standard InChI is InChI=1S/C26H26F2N4O2/c1-25(2)16-10-11-26(25,21-9-5-8-19(29-21)24(34)32(3)12-13-33)23-15(16)14-20(30-31-23)22-17(27)6-4-7-18(22)28/h4-9,14,16,33H,10-13H2,1-3H3/t16-,26-/m0/s1. The Bertz CT molecular complexity index is 1280. The molecule has 2 aliphatic rings. The van der Waals surface area contributed by atoms with E-state index in [4.69, 9.17) is 4.98 Å². The second-order valence-corrected chi connectivity index (χ2v) is 9.71. The topological polar surface area (TPSA) is 79.2 Å². The summed E-state index contributed by atoms with van der Waals surface area (Å²) in [5.74, 6) is -1.50. The summed E-state index contributed by atoms with van der Waals surface area (Å²) in [6.45, 7) is 4.40. The van der Waals surface area contributed by atoms with Crippen molar-refractivity contribution in [2.75, 3.05) is 20.2 Å². The Balaban J connectivity index is 1.63. The highest BCUT2D eigenvalue weighted by Gasteiger charge is 2.65. The van der Waals surface area contributed by atoms with Crippen molar-refractivity contribution in [3.05, 3.63) is 76.7 Å². The van der Waals surface area contributed by atoms with E-state index in [1.54, 1.807) is 19.2 Å². The summed E-state index contributed by atoms with van der Waals surface area (Å²) in [5.41, 5.74) is 1.87. The molecule has 1 saturated carbocycles. The average molecular weight is 465 g/mol. The van der Waals surface area contributed by atoms with Gasteiger partial charge < -0.3 is 10.0 Å². The van der Waals surface area contributed by atoms with Gasteiger partial charge in [-0.25, -0.2) is 13.8 Å². The molecule has 2 heterocycles. The van der Waals surface area contributed by atoms with E-state index in [0.29, 0.717) is 5.69 Å². The lowest BCUT2D eigenvalue weighted by Crippen LogP contribution is -2.38. The second kappa shape index (κ2) is 7.91. The monoisotopic (exact) mass is 464 g/mol. The minimum absolute atomic E-state index is 0.116. The number of rotatable bonds is 5. The zero-order valence-electron chi connectivity index (χ0n) is 19.3. The number of pyridine rings is 1. The first-order valence-corrected chi connectivity index (χ1v) is 11.4. The molecule has 1 aromatic carbocycles. The van der Waals surface area contributed by atoms with Gasteiger partial charge in [0.15, 0.2) is 0 Å². The van der Waals surface area contributed by atoms with Crippen LogP contribution in [-0.2, 0) is 5.41 Å². The van der Waals surface area contributed by atoms with Gasteiger partial charge in [0, 0.05) is 13.6 Å². The highest BCUT2D eigenvalue weighted by molar-refractivity contribution is 5.92. The summed E-state index contributed by atoms with van der Waals surface area (Å²) in [6.07, 6.45) is 1.66. The quantitative estimate of drug-likeness (QED) is 0.616. The van der Waals surface area contributed by atoms with Crippen molar-refractivity contribution in [1.82, 2.24) is 20.1 Å². The lowest BCUT2D eigenvalue weighted by Gasteiger charge is -2.37. The van der Waals surface area contributed by atoms with E-state index in [2.05, 4.69) is 24.0 Å². The number of hydrogen-bond donors (Lipinski definition) is 1. The molecule has 34 heavy (non-hydrogen) atoms. The molecule has 176 valence electrons. The normalized spacial score (nSPS) is 22.0. The number of amides is 1.